The Labute approximate surface area is 110 Å². The molecular formula is C13H13ClN2O2. The van der Waals surface area contributed by atoms with E-state index in [9.17, 15) is 4.79 Å². The maximum atomic E-state index is 11.4. The van der Waals surface area contributed by atoms with Crippen molar-refractivity contribution < 1.29 is 9.53 Å². The normalized spacial score (nSPS) is 10.6. The molecule has 0 bridgehead atoms. The third kappa shape index (κ3) is 2.76. The molecule has 0 aliphatic carbocycles. The zero-order chi connectivity index (χ0) is 13.1. The van der Waals surface area contributed by atoms with E-state index in [1.54, 1.807) is 6.92 Å². The molecule has 2 rings (SSSR count). The fraction of sp³-hybridized carbons (Fsp3) is 0.308. The molecule has 0 saturated carbocycles. The number of hydrogen-bond donors (Lipinski definition) is 0. The van der Waals surface area contributed by atoms with Gasteiger partial charge in [-0.3, -0.25) is 4.79 Å². The smallest absolute Gasteiger partial charge is 0.311 e. The molecule has 94 valence electrons. The molecule has 0 aliphatic rings. The number of aromatic nitrogens is 2. The van der Waals surface area contributed by atoms with Gasteiger partial charge in [0.25, 0.3) is 0 Å². The van der Waals surface area contributed by atoms with E-state index in [2.05, 4.69) is 9.97 Å². The molecule has 5 heteroatoms. The fourth-order valence-electron chi connectivity index (χ4n) is 1.64. The van der Waals surface area contributed by atoms with Crippen molar-refractivity contribution in [2.45, 2.75) is 20.3 Å². The predicted octanol–water partition coefficient (Wildman–Crippen LogP) is 2.70. The van der Waals surface area contributed by atoms with E-state index in [0.717, 1.165) is 16.6 Å². The number of hydrogen-bond acceptors (Lipinski definition) is 4. The van der Waals surface area contributed by atoms with Crippen LogP contribution in [0.25, 0.3) is 11.0 Å². The Morgan fingerprint density at radius 1 is 1.33 bits per heavy atom. The number of esters is 1. The van der Waals surface area contributed by atoms with Crippen molar-refractivity contribution in [1.29, 1.82) is 0 Å². The van der Waals surface area contributed by atoms with Crippen molar-refractivity contribution in [2.24, 2.45) is 0 Å². The number of rotatable bonds is 3. The van der Waals surface area contributed by atoms with Crippen LogP contribution in [0.5, 0.6) is 0 Å². The monoisotopic (exact) mass is 264 g/mol. The number of aryl methyl sites for hydroxylation is 1. The molecule has 0 atom stereocenters. The zero-order valence-corrected chi connectivity index (χ0v) is 11.0. The van der Waals surface area contributed by atoms with Crippen molar-refractivity contribution in [3.8, 4) is 0 Å². The summed E-state index contributed by atoms with van der Waals surface area (Å²) in [6.45, 7) is 4.08. The number of fused-ring (bicyclic) bond motifs is 1. The Kier molecular flexibility index (Phi) is 3.77. The summed E-state index contributed by atoms with van der Waals surface area (Å²) in [5.74, 6) is -0.347. The molecule has 0 fully saturated rings. The van der Waals surface area contributed by atoms with Crippen molar-refractivity contribution >= 4 is 28.6 Å². The standard InChI is InChI=1S/C13H13ClN2O2/c1-3-18-12(17)7-11-13(14)16-10-6-8(2)4-5-9(10)15-11/h4-6H,3,7H2,1-2H3. The Morgan fingerprint density at radius 3 is 2.83 bits per heavy atom. The first-order chi connectivity index (χ1) is 8.60. The summed E-state index contributed by atoms with van der Waals surface area (Å²) < 4.78 is 4.87. The van der Waals surface area contributed by atoms with Crippen LogP contribution >= 0.6 is 11.6 Å². The number of carbonyl (C=O) groups is 1. The Morgan fingerprint density at radius 2 is 2.11 bits per heavy atom. The summed E-state index contributed by atoms with van der Waals surface area (Å²) in [7, 11) is 0. The van der Waals surface area contributed by atoms with Gasteiger partial charge in [-0.25, -0.2) is 9.97 Å². The second-order valence-corrected chi connectivity index (χ2v) is 4.29. The van der Waals surface area contributed by atoms with E-state index in [1.165, 1.54) is 0 Å². The number of halogens is 1. The molecule has 1 heterocycles. The van der Waals surface area contributed by atoms with Gasteiger partial charge in [0.2, 0.25) is 0 Å². The van der Waals surface area contributed by atoms with E-state index in [1.807, 2.05) is 25.1 Å². The van der Waals surface area contributed by atoms with Crippen molar-refractivity contribution in [3.63, 3.8) is 0 Å². The third-order valence-corrected chi connectivity index (χ3v) is 2.76. The van der Waals surface area contributed by atoms with E-state index in [0.29, 0.717) is 12.3 Å². The Hall–Kier alpha value is -1.68. The molecule has 1 aromatic heterocycles. The number of ether oxygens (including phenoxy) is 1. The van der Waals surface area contributed by atoms with Crippen LogP contribution in [0, 0.1) is 6.92 Å². The minimum absolute atomic E-state index is 0.0451. The molecule has 0 unspecified atom stereocenters. The maximum Gasteiger partial charge on any atom is 0.311 e. The van der Waals surface area contributed by atoms with Gasteiger partial charge >= 0.3 is 5.97 Å². The number of benzene rings is 1. The molecular weight excluding hydrogens is 252 g/mol. The second kappa shape index (κ2) is 5.31. The first-order valence-corrected chi connectivity index (χ1v) is 6.06. The van der Waals surface area contributed by atoms with Gasteiger partial charge in [0.1, 0.15) is 0 Å². The van der Waals surface area contributed by atoms with Gasteiger partial charge in [0.05, 0.1) is 29.8 Å². The highest BCUT2D eigenvalue weighted by molar-refractivity contribution is 6.30. The van der Waals surface area contributed by atoms with Gasteiger partial charge in [-0.05, 0) is 31.5 Å². The van der Waals surface area contributed by atoms with E-state index < -0.39 is 0 Å². The lowest BCUT2D eigenvalue weighted by Crippen LogP contribution is -2.10. The SMILES string of the molecule is CCOC(=O)Cc1nc2ccc(C)cc2nc1Cl. The molecule has 0 N–H and O–H groups in total. The average molecular weight is 265 g/mol. The topological polar surface area (TPSA) is 52.1 Å². The summed E-state index contributed by atoms with van der Waals surface area (Å²) >= 11 is 6.02. The van der Waals surface area contributed by atoms with Gasteiger partial charge in [0, 0.05) is 0 Å². The van der Waals surface area contributed by atoms with Crippen LogP contribution in [0.2, 0.25) is 5.15 Å². The van der Waals surface area contributed by atoms with Gasteiger partial charge in [-0.15, -0.1) is 0 Å². The van der Waals surface area contributed by atoms with Crippen LogP contribution in [-0.4, -0.2) is 22.5 Å². The molecule has 18 heavy (non-hydrogen) atoms. The van der Waals surface area contributed by atoms with Crippen LogP contribution in [0.3, 0.4) is 0 Å². The number of nitrogens with zero attached hydrogens (tertiary/aromatic N) is 2. The Bertz CT molecular complexity index is 599. The van der Waals surface area contributed by atoms with Gasteiger partial charge in [0.15, 0.2) is 5.15 Å². The summed E-state index contributed by atoms with van der Waals surface area (Å²) in [4.78, 5) is 20.0. The van der Waals surface area contributed by atoms with Crippen LogP contribution in [-0.2, 0) is 16.0 Å². The molecule has 0 radical (unpaired) electrons. The van der Waals surface area contributed by atoms with Gasteiger partial charge in [-0.1, -0.05) is 17.7 Å². The first kappa shape index (κ1) is 12.8. The molecule has 1 aromatic carbocycles. The van der Waals surface area contributed by atoms with Crippen molar-refractivity contribution in [2.75, 3.05) is 6.61 Å². The highest BCUT2D eigenvalue weighted by Crippen LogP contribution is 2.18. The lowest BCUT2D eigenvalue weighted by atomic mass is 10.2. The maximum absolute atomic E-state index is 11.4. The van der Waals surface area contributed by atoms with E-state index >= 15 is 0 Å². The van der Waals surface area contributed by atoms with Crippen LogP contribution < -0.4 is 0 Å². The Balaban J connectivity index is 2.37. The fourth-order valence-corrected chi connectivity index (χ4v) is 1.84. The predicted molar refractivity (Wildman–Crippen MR) is 69.6 cm³/mol. The molecule has 0 saturated heterocycles. The summed E-state index contributed by atoms with van der Waals surface area (Å²) in [6, 6.07) is 5.71. The lowest BCUT2D eigenvalue weighted by Gasteiger charge is -2.05. The zero-order valence-electron chi connectivity index (χ0n) is 10.2. The third-order valence-electron chi connectivity index (χ3n) is 2.46. The average Bonchev–Trinajstić information content (AvgIpc) is 2.31. The number of carbonyl (C=O) groups excluding carboxylic acids is 1. The highest BCUT2D eigenvalue weighted by Gasteiger charge is 2.12. The molecule has 0 amide bonds. The molecule has 2 aromatic rings. The van der Waals surface area contributed by atoms with Crippen LogP contribution in [0.1, 0.15) is 18.2 Å². The molecule has 0 aliphatic heterocycles. The lowest BCUT2D eigenvalue weighted by molar-refractivity contribution is -0.142. The second-order valence-electron chi connectivity index (χ2n) is 3.94. The van der Waals surface area contributed by atoms with Crippen molar-refractivity contribution in [3.05, 3.63) is 34.6 Å². The molecule has 4 nitrogen and oxygen atoms in total. The van der Waals surface area contributed by atoms with Gasteiger partial charge < -0.3 is 4.74 Å². The van der Waals surface area contributed by atoms with Gasteiger partial charge in [-0.2, -0.15) is 0 Å². The summed E-state index contributed by atoms with van der Waals surface area (Å²) in [5, 5.41) is 0.251. The van der Waals surface area contributed by atoms with E-state index in [-0.39, 0.29) is 17.5 Å². The minimum atomic E-state index is -0.347. The van der Waals surface area contributed by atoms with E-state index in [4.69, 9.17) is 16.3 Å². The summed E-state index contributed by atoms with van der Waals surface area (Å²) in [6.07, 6.45) is 0.0451. The van der Waals surface area contributed by atoms with Crippen molar-refractivity contribution in [1.82, 2.24) is 9.97 Å². The van der Waals surface area contributed by atoms with Crippen LogP contribution in [0.4, 0.5) is 0 Å². The highest BCUT2D eigenvalue weighted by atomic mass is 35.5. The summed E-state index contributed by atoms with van der Waals surface area (Å²) in [5.41, 5.74) is 2.99. The minimum Gasteiger partial charge on any atom is -0.466 e. The molecule has 0 spiro atoms. The quantitative estimate of drug-likeness (QED) is 0.800. The largest absolute Gasteiger partial charge is 0.466 e. The van der Waals surface area contributed by atoms with Crippen LogP contribution in [0.15, 0.2) is 18.2 Å². The first-order valence-electron chi connectivity index (χ1n) is 5.68.